The van der Waals surface area contributed by atoms with E-state index in [1.54, 1.807) is 11.3 Å². The molecular formula is C16H23N3OS. The largest absolute Gasteiger partial charge is 0.339 e. The summed E-state index contributed by atoms with van der Waals surface area (Å²) in [7, 11) is 0. The van der Waals surface area contributed by atoms with Crippen LogP contribution in [-0.2, 0) is 0 Å². The van der Waals surface area contributed by atoms with E-state index in [0.717, 1.165) is 36.7 Å². The van der Waals surface area contributed by atoms with E-state index in [-0.39, 0.29) is 0 Å². The number of nitrogens with one attached hydrogen (secondary N) is 1. The molecule has 0 spiro atoms. The average molecular weight is 305 g/mol. The van der Waals surface area contributed by atoms with E-state index in [9.17, 15) is 0 Å². The minimum atomic E-state index is 0.360. The maximum absolute atomic E-state index is 5.60. The molecule has 0 aliphatic heterocycles. The van der Waals surface area contributed by atoms with Crippen LogP contribution in [0, 0.1) is 0 Å². The maximum atomic E-state index is 5.60. The number of nitrogens with zero attached hydrogens (tertiary/aromatic N) is 2. The first-order chi connectivity index (χ1) is 10.4. The van der Waals surface area contributed by atoms with Gasteiger partial charge in [0, 0.05) is 17.0 Å². The molecule has 21 heavy (non-hydrogen) atoms. The van der Waals surface area contributed by atoms with Gasteiger partial charge in [0.05, 0.1) is 5.92 Å². The van der Waals surface area contributed by atoms with Crippen LogP contribution in [0.3, 0.4) is 0 Å². The Morgan fingerprint density at radius 1 is 1.33 bits per heavy atom. The lowest BCUT2D eigenvalue weighted by atomic mass is 9.94. The van der Waals surface area contributed by atoms with Crippen molar-refractivity contribution >= 4 is 11.3 Å². The fraction of sp³-hybridized carbons (Fsp3) is 0.625. The summed E-state index contributed by atoms with van der Waals surface area (Å²) in [5.41, 5.74) is 1.06. The quantitative estimate of drug-likeness (QED) is 0.841. The van der Waals surface area contributed by atoms with Gasteiger partial charge in [0.15, 0.2) is 0 Å². The maximum Gasteiger partial charge on any atom is 0.231 e. The van der Waals surface area contributed by atoms with Crippen LogP contribution in [0.15, 0.2) is 21.3 Å². The summed E-state index contributed by atoms with van der Waals surface area (Å²) >= 11 is 1.66. The summed E-state index contributed by atoms with van der Waals surface area (Å²) in [6.07, 6.45) is 7.38. The molecule has 0 radical (unpaired) electrons. The molecule has 1 aliphatic carbocycles. The normalized spacial score (nSPS) is 23.1. The predicted octanol–water partition coefficient (Wildman–Crippen LogP) is 4.21. The highest BCUT2D eigenvalue weighted by Crippen LogP contribution is 2.32. The van der Waals surface area contributed by atoms with E-state index in [2.05, 4.69) is 27.8 Å². The molecule has 4 nitrogen and oxygen atoms in total. The fourth-order valence-corrected chi connectivity index (χ4v) is 3.71. The molecule has 5 heteroatoms. The summed E-state index contributed by atoms with van der Waals surface area (Å²) < 4.78 is 5.60. The Morgan fingerprint density at radius 2 is 2.24 bits per heavy atom. The summed E-state index contributed by atoms with van der Waals surface area (Å²) in [4.78, 5) is 4.67. The van der Waals surface area contributed by atoms with E-state index in [1.807, 2.05) is 11.4 Å². The molecule has 0 amide bonds. The van der Waals surface area contributed by atoms with Gasteiger partial charge in [0.2, 0.25) is 11.7 Å². The minimum absolute atomic E-state index is 0.360. The van der Waals surface area contributed by atoms with Crippen molar-refractivity contribution in [1.82, 2.24) is 15.5 Å². The van der Waals surface area contributed by atoms with Crippen LogP contribution in [0.2, 0.25) is 0 Å². The molecule has 114 valence electrons. The number of aromatic nitrogens is 2. The zero-order chi connectivity index (χ0) is 14.5. The second-order valence-electron chi connectivity index (χ2n) is 5.77. The van der Waals surface area contributed by atoms with Gasteiger partial charge >= 0.3 is 0 Å². The smallest absolute Gasteiger partial charge is 0.231 e. The van der Waals surface area contributed by atoms with Gasteiger partial charge in [-0.2, -0.15) is 16.3 Å². The van der Waals surface area contributed by atoms with Crippen LogP contribution in [0.5, 0.6) is 0 Å². The molecule has 2 unspecified atom stereocenters. The third-order valence-corrected chi connectivity index (χ3v) is 4.89. The monoisotopic (exact) mass is 305 g/mol. The molecule has 2 heterocycles. The Balaban J connectivity index is 1.78. The van der Waals surface area contributed by atoms with Crippen molar-refractivity contribution in [3.8, 4) is 11.4 Å². The van der Waals surface area contributed by atoms with Crippen molar-refractivity contribution in [2.24, 2.45) is 0 Å². The predicted molar refractivity (Wildman–Crippen MR) is 85.5 cm³/mol. The molecule has 0 saturated heterocycles. The average Bonchev–Trinajstić information content (AvgIpc) is 3.13. The van der Waals surface area contributed by atoms with Gasteiger partial charge in [-0.15, -0.1) is 0 Å². The summed E-state index contributed by atoms with van der Waals surface area (Å²) in [5.74, 6) is 1.90. The Kier molecular flexibility index (Phi) is 5.04. The molecule has 1 aliphatic rings. The van der Waals surface area contributed by atoms with Gasteiger partial charge < -0.3 is 9.84 Å². The number of hydrogen-bond acceptors (Lipinski definition) is 5. The topological polar surface area (TPSA) is 51.0 Å². The van der Waals surface area contributed by atoms with Gasteiger partial charge in [-0.25, -0.2) is 0 Å². The zero-order valence-corrected chi connectivity index (χ0v) is 13.4. The highest BCUT2D eigenvalue weighted by Gasteiger charge is 2.29. The first kappa shape index (κ1) is 14.7. The van der Waals surface area contributed by atoms with Crippen molar-refractivity contribution in [2.75, 3.05) is 6.54 Å². The van der Waals surface area contributed by atoms with Crippen LogP contribution in [0.4, 0.5) is 0 Å². The Morgan fingerprint density at radius 3 is 3.05 bits per heavy atom. The molecule has 2 aromatic heterocycles. The third-order valence-electron chi connectivity index (χ3n) is 4.21. The van der Waals surface area contributed by atoms with Gasteiger partial charge in [0.25, 0.3) is 0 Å². The molecule has 1 saturated carbocycles. The van der Waals surface area contributed by atoms with Gasteiger partial charge in [-0.1, -0.05) is 31.3 Å². The highest BCUT2D eigenvalue weighted by atomic mass is 32.1. The van der Waals surface area contributed by atoms with Crippen LogP contribution < -0.4 is 5.32 Å². The summed E-state index contributed by atoms with van der Waals surface area (Å²) in [5, 5.41) is 12.0. The van der Waals surface area contributed by atoms with Gasteiger partial charge in [-0.05, 0) is 37.3 Å². The Labute approximate surface area is 130 Å². The SMILES string of the molecule is CCCNC1CCCCCC1c1nc(-c2ccsc2)no1. The molecule has 1 fully saturated rings. The van der Waals surface area contributed by atoms with E-state index in [0.29, 0.717) is 12.0 Å². The van der Waals surface area contributed by atoms with Crippen LogP contribution in [0.1, 0.15) is 57.3 Å². The second-order valence-corrected chi connectivity index (χ2v) is 6.55. The number of thiophene rings is 1. The standard InChI is InChI=1S/C16H23N3OS/c1-2-9-17-14-7-5-3-4-6-13(14)16-18-15(19-20-16)12-8-10-21-11-12/h8,10-11,13-14,17H,2-7,9H2,1H3. The summed E-state index contributed by atoms with van der Waals surface area (Å²) in [6, 6.07) is 2.52. The van der Waals surface area contributed by atoms with E-state index in [1.165, 1.54) is 25.7 Å². The van der Waals surface area contributed by atoms with Crippen LogP contribution >= 0.6 is 11.3 Å². The molecule has 0 aromatic carbocycles. The molecule has 3 rings (SSSR count). The Bertz CT molecular complexity index is 537. The van der Waals surface area contributed by atoms with E-state index in [4.69, 9.17) is 4.52 Å². The van der Waals surface area contributed by atoms with E-state index < -0.39 is 0 Å². The van der Waals surface area contributed by atoms with Crippen molar-refractivity contribution in [3.63, 3.8) is 0 Å². The Hall–Kier alpha value is -1.20. The number of hydrogen-bond donors (Lipinski definition) is 1. The molecule has 2 aromatic rings. The van der Waals surface area contributed by atoms with Crippen LogP contribution in [0.25, 0.3) is 11.4 Å². The lowest BCUT2D eigenvalue weighted by molar-refractivity contribution is 0.304. The lowest BCUT2D eigenvalue weighted by Crippen LogP contribution is -2.35. The molecule has 2 atom stereocenters. The minimum Gasteiger partial charge on any atom is -0.339 e. The molecule has 1 N–H and O–H groups in total. The van der Waals surface area contributed by atoms with Crippen molar-refractivity contribution < 1.29 is 4.52 Å². The van der Waals surface area contributed by atoms with Crippen molar-refractivity contribution in [2.45, 2.75) is 57.4 Å². The molecular weight excluding hydrogens is 282 g/mol. The first-order valence-electron chi connectivity index (χ1n) is 7.98. The van der Waals surface area contributed by atoms with E-state index >= 15 is 0 Å². The van der Waals surface area contributed by atoms with Gasteiger partial charge in [-0.3, -0.25) is 0 Å². The number of rotatable bonds is 5. The van der Waals surface area contributed by atoms with Crippen molar-refractivity contribution in [3.05, 3.63) is 22.7 Å². The van der Waals surface area contributed by atoms with Crippen LogP contribution in [-0.4, -0.2) is 22.7 Å². The lowest BCUT2D eigenvalue weighted by Gasteiger charge is -2.23. The van der Waals surface area contributed by atoms with Gasteiger partial charge in [0.1, 0.15) is 0 Å². The third kappa shape index (κ3) is 3.52. The molecule has 0 bridgehead atoms. The van der Waals surface area contributed by atoms with Crippen molar-refractivity contribution in [1.29, 1.82) is 0 Å². The highest BCUT2D eigenvalue weighted by molar-refractivity contribution is 7.08. The second kappa shape index (κ2) is 7.18. The first-order valence-corrected chi connectivity index (χ1v) is 8.92. The fourth-order valence-electron chi connectivity index (χ4n) is 3.07. The zero-order valence-electron chi connectivity index (χ0n) is 12.5. The summed E-state index contributed by atoms with van der Waals surface area (Å²) in [6.45, 7) is 3.27.